The fourth-order valence-corrected chi connectivity index (χ4v) is 3.14. The van der Waals surface area contributed by atoms with Crippen LogP contribution >= 0.6 is 0 Å². The number of carbonyl (C=O) groups excluding carboxylic acids is 1. The second-order valence-electron chi connectivity index (χ2n) is 6.09. The van der Waals surface area contributed by atoms with Gasteiger partial charge in [-0.3, -0.25) is 9.69 Å². The maximum atomic E-state index is 11.5. The van der Waals surface area contributed by atoms with Crippen molar-refractivity contribution in [2.45, 2.75) is 19.0 Å². The van der Waals surface area contributed by atoms with Gasteiger partial charge in [0.25, 0.3) is 5.91 Å². The monoisotopic (exact) mass is 325 g/mol. The Labute approximate surface area is 140 Å². The van der Waals surface area contributed by atoms with Crippen molar-refractivity contribution in [3.05, 3.63) is 42.2 Å². The first-order valence-corrected chi connectivity index (χ1v) is 8.08. The Hall–Kier alpha value is -2.67. The summed E-state index contributed by atoms with van der Waals surface area (Å²) in [6.45, 7) is 2.91. The van der Waals surface area contributed by atoms with Gasteiger partial charge in [0.05, 0.1) is 0 Å². The number of hydrogen-bond acceptors (Lipinski definition) is 6. The highest BCUT2D eigenvalue weighted by Gasteiger charge is 2.26. The molecule has 7 heteroatoms. The summed E-state index contributed by atoms with van der Waals surface area (Å²) >= 11 is 0. The Morgan fingerprint density at radius 2 is 2.17 bits per heavy atom. The van der Waals surface area contributed by atoms with Gasteiger partial charge in [-0.15, -0.1) is 0 Å². The van der Waals surface area contributed by atoms with Crippen LogP contribution in [0.4, 0.5) is 11.5 Å². The van der Waals surface area contributed by atoms with Gasteiger partial charge in [0.2, 0.25) is 5.88 Å². The lowest BCUT2D eigenvalue weighted by Crippen LogP contribution is -2.30. The molecule has 2 N–H and O–H groups in total. The summed E-state index contributed by atoms with van der Waals surface area (Å²) in [4.78, 5) is 22.3. The highest BCUT2D eigenvalue weighted by atomic mass is 16.5. The summed E-state index contributed by atoms with van der Waals surface area (Å²) < 4.78 is 5.33. The summed E-state index contributed by atoms with van der Waals surface area (Å²) in [5.41, 5.74) is 1.86. The van der Waals surface area contributed by atoms with Gasteiger partial charge in [-0.25, -0.2) is 4.98 Å². The zero-order valence-corrected chi connectivity index (χ0v) is 13.2. The quantitative estimate of drug-likeness (QED) is 0.887. The van der Waals surface area contributed by atoms with Crippen molar-refractivity contribution >= 4 is 17.4 Å². The number of benzene rings is 1. The average molecular weight is 325 g/mol. The Bertz CT molecular complexity index is 737. The molecule has 0 spiro atoms. The molecule has 1 fully saturated rings. The SMILES string of the molecule is O=C1COc2ncnc(NC3CCN(Cc4ccccc4)C3)c2N1. The van der Waals surface area contributed by atoms with Crippen molar-refractivity contribution in [1.82, 2.24) is 14.9 Å². The van der Waals surface area contributed by atoms with Gasteiger partial charge in [0, 0.05) is 25.7 Å². The van der Waals surface area contributed by atoms with Crippen LogP contribution in [0, 0.1) is 0 Å². The van der Waals surface area contributed by atoms with Crippen LogP contribution < -0.4 is 15.4 Å². The lowest BCUT2D eigenvalue weighted by atomic mass is 10.2. The second kappa shape index (κ2) is 6.45. The maximum absolute atomic E-state index is 11.5. The van der Waals surface area contributed by atoms with E-state index in [1.165, 1.54) is 11.9 Å². The molecule has 3 heterocycles. The molecule has 0 radical (unpaired) electrons. The van der Waals surface area contributed by atoms with Gasteiger partial charge in [0.15, 0.2) is 12.4 Å². The zero-order valence-electron chi connectivity index (χ0n) is 13.2. The molecule has 2 aliphatic rings. The number of amides is 1. The van der Waals surface area contributed by atoms with Crippen LogP contribution in [0.2, 0.25) is 0 Å². The van der Waals surface area contributed by atoms with Gasteiger partial charge >= 0.3 is 0 Å². The van der Waals surface area contributed by atoms with E-state index in [9.17, 15) is 4.79 Å². The summed E-state index contributed by atoms with van der Waals surface area (Å²) in [7, 11) is 0. The van der Waals surface area contributed by atoms with Crippen molar-refractivity contribution in [1.29, 1.82) is 0 Å². The van der Waals surface area contributed by atoms with Gasteiger partial charge in [-0.05, 0) is 12.0 Å². The van der Waals surface area contributed by atoms with Crippen molar-refractivity contribution in [2.24, 2.45) is 0 Å². The summed E-state index contributed by atoms with van der Waals surface area (Å²) in [5.74, 6) is 0.864. The zero-order chi connectivity index (χ0) is 16.4. The average Bonchev–Trinajstić information content (AvgIpc) is 3.03. The molecule has 4 rings (SSSR count). The molecular weight excluding hydrogens is 306 g/mol. The minimum absolute atomic E-state index is 0.00225. The van der Waals surface area contributed by atoms with Crippen molar-refractivity contribution < 1.29 is 9.53 Å². The van der Waals surface area contributed by atoms with E-state index < -0.39 is 0 Å². The first-order chi connectivity index (χ1) is 11.8. The molecule has 1 aromatic heterocycles. The van der Waals surface area contributed by atoms with E-state index in [1.807, 2.05) is 6.07 Å². The van der Waals surface area contributed by atoms with Crippen molar-refractivity contribution in [2.75, 3.05) is 30.3 Å². The second-order valence-corrected chi connectivity index (χ2v) is 6.09. The van der Waals surface area contributed by atoms with E-state index in [-0.39, 0.29) is 18.6 Å². The molecule has 124 valence electrons. The summed E-state index contributed by atoms with van der Waals surface area (Å²) in [6.07, 6.45) is 2.48. The molecule has 7 nitrogen and oxygen atoms in total. The number of aromatic nitrogens is 2. The third-order valence-electron chi connectivity index (χ3n) is 4.28. The van der Waals surface area contributed by atoms with Gasteiger partial charge in [-0.1, -0.05) is 30.3 Å². The first kappa shape index (κ1) is 14.9. The Morgan fingerprint density at radius 1 is 1.29 bits per heavy atom. The molecule has 0 aliphatic carbocycles. The van der Waals surface area contributed by atoms with E-state index in [0.29, 0.717) is 17.4 Å². The molecule has 2 aliphatic heterocycles. The maximum Gasteiger partial charge on any atom is 0.262 e. The van der Waals surface area contributed by atoms with Crippen LogP contribution in [0.25, 0.3) is 0 Å². The lowest BCUT2D eigenvalue weighted by molar-refractivity contribution is -0.118. The van der Waals surface area contributed by atoms with Crippen LogP contribution in [-0.4, -0.2) is 46.5 Å². The first-order valence-electron chi connectivity index (χ1n) is 8.08. The number of nitrogens with zero attached hydrogens (tertiary/aromatic N) is 3. The molecule has 1 aromatic carbocycles. The number of likely N-dealkylation sites (tertiary alicyclic amines) is 1. The van der Waals surface area contributed by atoms with Crippen LogP contribution in [-0.2, 0) is 11.3 Å². The van der Waals surface area contributed by atoms with Crippen LogP contribution in [0.5, 0.6) is 5.88 Å². The van der Waals surface area contributed by atoms with Gasteiger partial charge in [0.1, 0.15) is 12.0 Å². The topological polar surface area (TPSA) is 79.4 Å². The number of ether oxygens (including phenoxy) is 1. The Morgan fingerprint density at radius 3 is 3.04 bits per heavy atom. The highest BCUT2D eigenvalue weighted by molar-refractivity contribution is 5.97. The summed E-state index contributed by atoms with van der Waals surface area (Å²) in [6, 6.07) is 10.7. The summed E-state index contributed by atoms with van der Waals surface area (Å²) in [5, 5.41) is 6.21. The number of hydrogen-bond donors (Lipinski definition) is 2. The molecule has 1 saturated heterocycles. The molecule has 24 heavy (non-hydrogen) atoms. The minimum Gasteiger partial charge on any atom is -0.466 e. The highest BCUT2D eigenvalue weighted by Crippen LogP contribution is 2.32. The van der Waals surface area contributed by atoms with Crippen LogP contribution in [0.15, 0.2) is 36.7 Å². The minimum atomic E-state index is -0.183. The lowest BCUT2D eigenvalue weighted by Gasteiger charge is -2.21. The molecule has 1 unspecified atom stereocenters. The van der Waals surface area contributed by atoms with E-state index >= 15 is 0 Å². The Balaban J connectivity index is 1.41. The fraction of sp³-hybridized carbons (Fsp3) is 0.353. The normalized spacial score (nSPS) is 20.2. The number of rotatable bonds is 4. The molecule has 2 aromatic rings. The fourth-order valence-electron chi connectivity index (χ4n) is 3.14. The molecule has 1 atom stereocenters. The van der Waals surface area contributed by atoms with E-state index in [1.54, 1.807) is 0 Å². The number of anilines is 2. The van der Waals surface area contributed by atoms with E-state index in [2.05, 4.69) is 49.8 Å². The molecular formula is C17H19N5O2. The predicted octanol–water partition coefficient (Wildman–Crippen LogP) is 1.49. The van der Waals surface area contributed by atoms with Crippen molar-refractivity contribution in [3.8, 4) is 5.88 Å². The van der Waals surface area contributed by atoms with Gasteiger partial charge in [-0.2, -0.15) is 4.98 Å². The Kier molecular flexibility index (Phi) is 4.00. The van der Waals surface area contributed by atoms with E-state index in [0.717, 1.165) is 26.1 Å². The molecule has 0 saturated carbocycles. The molecule has 0 bridgehead atoms. The van der Waals surface area contributed by atoms with Gasteiger partial charge < -0.3 is 15.4 Å². The van der Waals surface area contributed by atoms with E-state index in [4.69, 9.17) is 4.74 Å². The standard InChI is InChI=1S/C17H19N5O2/c23-14-10-24-17-15(21-14)16(18-11-19-17)20-13-6-7-22(9-13)8-12-4-2-1-3-5-12/h1-5,11,13H,6-10H2,(H,21,23)(H,18,19,20). The van der Waals surface area contributed by atoms with Crippen LogP contribution in [0.3, 0.4) is 0 Å². The predicted molar refractivity (Wildman–Crippen MR) is 89.9 cm³/mol. The number of nitrogens with one attached hydrogen (secondary N) is 2. The molecule has 1 amide bonds. The van der Waals surface area contributed by atoms with Crippen LogP contribution in [0.1, 0.15) is 12.0 Å². The van der Waals surface area contributed by atoms with Crippen molar-refractivity contribution in [3.63, 3.8) is 0 Å². The smallest absolute Gasteiger partial charge is 0.262 e. The number of carbonyl (C=O) groups is 1. The number of fused-ring (bicyclic) bond motifs is 1. The third kappa shape index (κ3) is 3.16. The third-order valence-corrected chi connectivity index (χ3v) is 4.28. The largest absolute Gasteiger partial charge is 0.466 e.